The number of hydrogen-bond donors (Lipinski definition) is 2. The minimum absolute atomic E-state index is 0.258. The molecule has 1 aliphatic heterocycles. The number of para-hydroxylation sites is 1. The van der Waals surface area contributed by atoms with Gasteiger partial charge in [0.25, 0.3) is 5.91 Å². The van der Waals surface area contributed by atoms with Gasteiger partial charge in [0.05, 0.1) is 5.02 Å². The number of hydrogen-bond acceptors (Lipinski definition) is 4. The smallest absolute Gasteiger partial charge is 0.324 e. The van der Waals surface area contributed by atoms with Crippen molar-refractivity contribution >= 4 is 29.2 Å². The number of amides is 3. The molecule has 1 saturated heterocycles. The summed E-state index contributed by atoms with van der Waals surface area (Å²) in [5.41, 5.74) is 0.756. The van der Waals surface area contributed by atoms with Gasteiger partial charge in [-0.3, -0.25) is 9.69 Å². The van der Waals surface area contributed by atoms with Crippen molar-refractivity contribution < 1.29 is 14.3 Å². The third-order valence-electron chi connectivity index (χ3n) is 3.80. The number of nitrogens with one attached hydrogen (secondary N) is 2. The molecule has 2 aromatic carbocycles. The lowest BCUT2D eigenvalue weighted by Crippen LogP contribution is -2.43. The molecule has 1 aliphatic rings. The van der Waals surface area contributed by atoms with Gasteiger partial charge in [-0.25, -0.2) is 4.79 Å². The SMILES string of the molecule is C[C@@H](Nc1ccc(Oc2ccccc2Cl)cc1)C(=O)N1CCNC1=O. The molecule has 7 heteroatoms. The first kappa shape index (κ1) is 17.1. The molecule has 25 heavy (non-hydrogen) atoms. The van der Waals surface area contributed by atoms with E-state index < -0.39 is 6.04 Å². The first-order valence-electron chi connectivity index (χ1n) is 7.93. The van der Waals surface area contributed by atoms with E-state index in [1.807, 2.05) is 12.1 Å². The molecular formula is C18H18ClN3O3. The highest BCUT2D eigenvalue weighted by Crippen LogP contribution is 2.29. The molecule has 6 nitrogen and oxygen atoms in total. The van der Waals surface area contributed by atoms with Gasteiger partial charge in [0, 0.05) is 18.8 Å². The molecule has 0 aliphatic carbocycles. The van der Waals surface area contributed by atoms with Crippen LogP contribution in [0.2, 0.25) is 5.02 Å². The average molecular weight is 360 g/mol. The van der Waals surface area contributed by atoms with Crippen LogP contribution in [0.25, 0.3) is 0 Å². The van der Waals surface area contributed by atoms with Crippen LogP contribution < -0.4 is 15.4 Å². The summed E-state index contributed by atoms with van der Waals surface area (Å²) in [5.74, 6) is 0.955. The highest BCUT2D eigenvalue weighted by molar-refractivity contribution is 6.32. The monoisotopic (exact) mass is 359 g/mol. The van der Waals surface area contributed by atoms with Gasteiger partial charge in [-0.2, -0.15) is 0 Å². The fourth-order valence-electron chi connectivity index (χ4n) is 2.50. The van der Waals surface area contributed by atoms with Crippen LogP contribution in [0.15, 0.2) is 48.5 Å². The molecule has 0 aromatic heterocycles. The van der Waals surface area contributed by atoms with Crippen LogP contribution in [0.3, 0.4) is 0 Å². The summed E-state index contributed by atoms with van der Waals surface area (Å²) in [6.07, 6.45) is 0. The second kappa shape index (κ2) is 7.44. The lowest BCUT2D eigenvalue weighted by atomic mass is 10.2. The van der Waals surface area contributed by atoms with Crippen molar-refractivity contribution in [1.29, 1.82) is 0 Å². The Morgan fingerprint density at radius 3 is 2.60 bits per heavy atom. The fourth-order valence-corrected chi connectivity index (χ4v) is 2.68. The Bertz CT molecular complexity index is 779. The van der Waals surface area contributed by atoms with E-state index in [4.69, 9.17) is 16.3 Å². The zero-order valence-electron chi connectivity index (χ0n) is 13.7. The fraction of sp³-hybridized carbons (Fsp3) is 0.222. The largest absolute Gasteiger partial charge is 0.456 e. The normalized spacial score (nSPS) is 14.8. The van der Waals surface area contributed by atoms with Gasteiger partial charge in [-0.15, -0.1) is 0 Å². The second-order valence-corrected chi connectivity index (χ2v) is 6.05. The number of imide groups is 1. The van der Waals surface area contributed by atoms with Crippen molar-refractivity contribution in [2.45, 2.75) is 13.0 Å². The van der Waals surface area contributed by atoms with E-state index in [1.165, 1.54) is 4.90 Å². The van der Waals surface area contributed by atoms with Gasteiger partial charge >= 0.3 is 6.03 Å². The van der Waals surface area contributed by atoms with E-state index in [9.17, 15) is 9.59 Å². The van der Waals surface area contributed by atoms with Crippen molar-refractivity contribution in [2.24, 2.45) is 0 Å². The predicted octanol–water partition coefficient (Wildman–Crippen LogP) is 3.48. The van der Waals surface area contributed by atoms with Gasteiger partial charge in [-0.1, -0.05) is 23.7 Å². The highest BCUT2D eigenvalue weighted by atomic mass is 35.5. The van der Waals surface area contributed by atoms with Crippen molar-refractivity contribution in [2.75, 3.05) is 18.4 Å². The summed E-state index contributed by atoms with van der Waals surface area (Å²) >= 11 is 6.07. The molecule has 0 saturated carbocycles. The number of carbonyl (C=O) groups is 2. The van der Waals surface area contributed by atoms with Crippen molar-refractivity contribution in [3.05, 3.63) is 53.6 Å². The van der Waals surface area contributed by atoms with Crippen molar-refractivity contribution in [3.8, 4) is 11.5 Å². The standard InChI is InChI=1S/C18H18ClN3O3/c1-12(17(23)22-11-10-20-18(22)24)21-13-6-8-14(9-7-13)25-16-5-3-2-4-15(16)19/h2-9,12,21H,10-11H2,1H3,(H,20,24)/t12-/m1/s1. The highest BCUT2D eigenvalue weighted by Gasteiger charge is 2.29. The summed E-state index contributed by atoms with van der Waals surface area (Å²) in [4.78, 5) is 25.0. The van der Waals surface area contributed by atoms with E-state index in [1.54, 1.807) is 43.3 Å². The first-order chi connectivity index (χ1) is 12.0. The summed E-state index contributed by atoms with van der Waals surface area (Å²) in [7, 11) is 0. The molecular weight excluding hydrogens is 342 g/mol. The number of ether oxygens (including phenoxy) is 1. The first-order valence-corrected chi connectivity index (χ1v) is 8.30. The van der Waals surface area contributed by atoms with E-state index in [0.29, 0.717) is 29.6 Å². The number of rotatable bonds is 5. The maximum absolute atomic E-state index is 12.3. The lowest BCUT2D eigenvalue weighted by molar-refractivity contribution is -0.128. The van der Waals surface area contributed by atoms with Crippen LogP contribution in [0, 0.1) is 0 Å². The Hall–Kier alpha value is -2.73. The quantitative estimate of drug-likeness (QED) is 0.857. The second-order valence-electron chi connectivity index (χ2n) is 5.64. The molecule has 1 fully saturated rings. The van der Waals surface area contributed by atoms with Crippen LogP contribution in [-0.2, 0) is 4.79 Å². The minimum atomic E-state index is -0.515. The molecule has 3 rings (SSSR count). The van der Waals surface area contributed by atoms with Gasteiger partial charge < -0.3 is 15.4 Å². The molecule has 1 atom stereocenters. The zero-order valence-corrected chi connectivity index (χ0v) is 14.4. The molecule has 130 valence electrons. The van der Waals surface area contributed by atoms with E-state index in [0.717, 1.165) is 5.69 Å². The number of anilines is 1. The summed E-state index contributed by atoms with van der Waals surface area (Å²) in [6.45, 7) is 2.61. The summed E-state index contributed by atoms with van der Waals surface area (Å²) in [5, 5.41) is 6.24. The molecule has 0 unspecified atom stereocenters. The maximum atomic E-state index is 12.3. The molecule has 3 amide bonds. The Morgan fingerprint density at radius 1 is 1.24 bits per heavy atom. The minimum Gasteiger partial charge on any atom is -0.456 e. The summed E-state index contributed by atoms with van der Waals surface area (Å²) < 4.78 is 5.72. The Morgan fingerprint density at radius 2 is 1.96 bits per heavy atom. The zero-order chi connectivity index (χ0) is 17.8. The van der Waals surface area contributed by atoms with Crippen LogP contribution in [0.4, 0.5) is 10.5 Å². The Kier molecular flexibility index (Phi) is 5.09. The third kappa shape index (κ3) is 4.03. The molecule has 2 N–H and O–H groups in total. The van der Waals surface area contributed by atoms with Crippen LogP contribution in [0.5, 0.6) is 11.5 Å². The molecule has 1 heterocycles. The number of nitrogens with zero attached hydrogens (tertiary/aromatic N) is 1. The van der Waals surface area contributed by atoms with E-state index in [2.05, 4.69) is 10.6 Å². The number of carbonyl (C=O) groups excluding carboxylic acids is 2. The van der Waals surface area contributed by atoms with Crippen LogP contribution in [-0.4, -0.2) is 36.0 Å². The van der Waals surface area contributed by atoms with Gasteiger partial charge in [0.15, 0.2) is 0 Å². The van der Waals surface area contributed by atoms with Gasteiger partial charge in [-0.05, 0) is 43.3 Å². The lowest BCUT2D eigenvalue weighted by Gasteiger charge is -2.19. The molecule has 0 bridgehead atoms. The number of urea groups is 1. The van der Waals surface area contributed by atoms with Gasteiger partial charge in [0.2, 0.25) is 0 Å². The average Bonchev–Trinajstić information content (AvgIpc) is 3.04. The van der Waals surface area contributed by atoms with E-state index >= 15 is 0 Å². The predicted molar refractivity (Wildman–Crippen MR) is 96.2 cm³/mol. The van der Waals surface area contributed by atoms with Gasteiger partial charge in [0.1, 0.15) is 17.5 Å². The number of halogens is 1. The molecule has 2 aromatic rings. The Balaban J connectivity index is 1.61. The number of benzene rings is 2. The van der Waals surface area contributed by atoms with Crippen molar-refractivity contribution in [3.63, 3.8) is 0 Å². The summed E-state index contributed by atoms with van der Waals surface area (Å²) in [6, 6.07) is 13.5. The Labute approximate surface area is 150 Å². The van der Waals surface area contributed by atoms with Crippen LogP contribution in [0.1, 0.15) is 6.92 Å². The molecule has 0 radical (unpaired) electrons. The topological polar surface area (TPSA) is 70.7 Å². The molecule has 0 spiro atoms. The van der Waals surface area contributed by atoms with Crippen LogP contribution >= 0.6 is 11.6 Å². The van der Waals surface area contributed by atoms with E-state index in [-0.39, 0.29) is 11.9 Å². The maximum Gasteiger partial charge on any atom is 0.324 e. The van der Waals surface area contributed by atoms with Crippen molar-refractivity contribution in [1.82, 2.24) is 10.2 Å². The third-order valence-corrected chi connectivity index (χ3v) is 4.11.